The first-order valence-corrected chi connectivity index (χ1v) is 5.45. The Labute approximate surface area is 99.9 Å². The molecular formula is C13H13N3O. The molecule has 0 spiro atoms. The van der Waals surface area contributed by atoms with Crippen LogP contribution in [0.4, 0.5) is 0 Å². The maximum atomic E-state index is 8.83. The second-order valence-electron chi connectivity index (χ2n) is 3.69. The summed E-state index contributed by atoms with van der Waals surface area (Å²) in [5.41, 5.74) is 1.11. The van der Waals surface area contributed by atoms with Gasteiger partial charge in [-0.25, -0.2) is 0 Å². The normalized spacial score (nSPS) is 11.9. The van der Waals surface area contributed by atoms with Gasteiger partial charge in [-0.05, 0) is 5.56 Å². The van der Waals surface area contributed by atoms with Crippen LogP contribution in [0.3, 0.4) is 0 Å². The molecule has 0 aliphatic heterocycles. The molecule has 0 amide bonds. The third kappa shape index (κ3) is 3.16. The van der Waals surface area contributed by atoms with Crippen LogP contribution in [0.15, 0.2) is 47.1 Å². The minimum absolute atomic E-state index is 0.0197. The lowest BCUT2D eigenvalue weighted by atomic mass is 10.0. The van der Waals surface area contributed by atoms with Crippen molar-refractivity contribution >= 4 is 0 Å². The molecule has 86 valence electrons. The van der Waals surface area contributed by atoms with Crippen molar-refractivity contribution < 1.29 is 4.52 Å². The van der Waals surface area contributed by atoms with Crippen LogP contribution in [-0.4, -0.2) is 5.16 Å². The summed E-state index contributed by atoms with van der Waals surface area (Å²) in [6.07, 6.45) is 2.04. The Kier molecular flexibility index (Phi) is 3.90. The lowest BCUT2D eigenvalue weighted by molar-refractivity contribution is 0.363. The molecule has 1 atom stereocenters. The van der Waals surface area contributed by atoms with Gasteiger partial charge >= 0.3 is 0 Å². The summed E-state index contributed by atoms with van der Waals surface area (Å²) in [5, 5.41) is 15.8. The summed E-state index contributed by atoms with van der Waals surface area (Å²) in [4.78, 5) is 0. The molecule has 2 aromatic rings. The highest BCUT2D eigenvalue weighted by atomic mass is 16.5. The lowest BCUT2D eigenvalue weighted by Crippen LogP contribution is -2.20. The number of aromatic nitrogens is 1. The molecule has 1 aromatic heterocycles. The van der Waals surface area contributed by atoms with E-state index in [-0.39, 0.29) is 6.04 Å². The van der Waals surface area contributed by atoms with Crippen LogP contribution in [0.2, 0.25) is 0 Å². The van der Waals surface area contributed by atoms with Crippen molar-refractivity contribution in [1.29, 1.82) is 5.26 Å². The zero-order chi connectivity index (χ0) is 11.9. The van der Waals surface area contributed by atoms with Gasteiger partial charge in [0, 0.05) is 12.1 Å². The van der Waals surface area contributed by atoms with Gasteiger partial charge in [0.25, 0.3) is 0 Å². The number of rotatable bonds is 5. The van der Waals surface area contributed by atoms with Gasteiger partial charge in [-0.2, -0.15) is 5.26 Å². The molecule has 0 bridgehead atoms. The summed E-state index contributed by atoms with van der Waals surface area (Å²) in [7, 11) is 0. The summed E-state index contributed by atoms with van der Waals surface area (Å²) in [6.45, 7) is 0.571. The first kappa shape index (κ1) is 11.4. The van der Waals surface area contributed by atoms with Gasteiger partial charge in [0.05, 0.1) is 25.2 Å². The number of nitrogens with zero attached hydrogens (tertiary/aromatic N) is 2. The van der Waals surface area contributed by atoms with Crippen molar-refractivity contribution in [3.63, 3.8) is 0 Å². The first-order chi connectivity index (χ1) is 8.40. The van der Waals surface area contributed by atoms with E-state index < -0.39 is 0 Å². The number of hydrogen-bond acceptors (Lipinski definition) is 4. The van der Waals surface area contributed by atoms with E-state index in [9.17, 15) is 0 Å². The van der Waals surface area contributed by atoms with Crippen LogP contribution in [-0.2, 0) is 6.54 Å². The molecule has 0 saturated carbocycles. The fourth-order valence-corrected chi connectivity index (χ4v) is 1.64. The maximum absolute atomic E-state index is 8.83. The molecule has 0 radical (unpaired) electrons. The van der Waals surface area contributed by atoms with E-state index in [1.807, 2.05) is 30.3 Å². The van der Waals surface area contributed by atoms with E-state index in [2.05, 4.69) is 16.5 Å². The fourth-order valence-electron chi connectivity index (χ4n) is 1.64. The number of nitrogens with one attached hydrogen (secondary N) is 1. The van der Waals surface area contributed by atoms with E-state index in [0.717, 1.165) is 11.3 Å². The highest BCUT2D eigenvalue weighted by Crippen LogP contribution is 2.16. The van der Waals surface area contributed by atoms with Crippen LogP contribution >= 0.6 is 0 Å². The van der Waals surface area contributed by atoms with Crippen molar-refractivity contribution in [3.05, 3.63) is 53.9 Å². The Balaban J connectivity index is 2.01. The summed E-state index contributed by atoms with van der Waals surface area (Å²) in [6, 6.07) is 13.9. The molecule has 2 rings (SSSR count). The Bertz CT molecular complexity index is 473. The summed E-state index contributed by atoms with van der Waals surface area (Å²) < 4.78 is 5.00. The minimum Gasteiger partial charge on any atom is -0.360 e. The third-order valence-corrected chi connectivity index (χ3v) is 2.51. The molecule has 4 nitrogen and oxygen atoms in total. The lowest BCUT2D eigenvalue weighted by Gasteiger charge is -2.14. The molecule has 1 aromatic carbocycles. The molecule has 0 aliphatic carbocycles. The van der Waals surface area contributed by atoms with Crippen LogP contribution in [0, 0.1) is 11.3 Å². The Morgan fingerprint density at radius 3 is 2.76 bits per heavy atom. The van der Waals surface area contributed by atoms with Gasteiger partial charge < -0.3 is 9.84 Å². The largest absolute Gasteiger partial charge is 0.360 e. The molecule has 17 heavy (non-hydrogen) atoms. The highest BCUT2D eigenvalue weighted by molar-refractivity contribution is 5.20. The third-order valence-electron chi connectivity index (χ3n) is 2.51. The average molecular weight is 227 g/mol. The molecule has 0 aliphatic rings. The second kappa shape index (κ2) is 5.83. The Hall–Kier alpha value is -2.12. The van der Waals surface area contributed by atoms with E-state index in [4.69, 9.17) is 9.78 Å². The smallest absolute Gasteiger partial charge is 0.150 e. The quantitative estimate of drug-likeness (QED) is 0.852. The summed E-state index contributed by atoms with van der Waals surface area (Å²) in [5.74, 6) is 0.767. The van der Waals surface area contributed by atoms with E-state index in [0.29, 0.717) is 13.0 Å². The van der Waals surface area contributed by atoms with Gasteiger partial charge in [-0.1, -0.05) is 35.5 Å². The fraction of sp³-hybridized carbons (Fsp3) is 0.231. The second-order valence-corrected chi connectivity index (χ2v) is 3.69. The topological polar surface area (TPSA) is 61.9 Å². The number of nitriles is 1. The molecule has 1 heterocycles. The van der Waals surface area contributed by atoms with Gasteiger partial charge in [0.1, 0.15) is 5.76 Å². The van der Waals surface area contributed by atoms with Gasteiger partial charge in [0.2, 0.25) is 0 Å². The van der Waals surface area contributed by atoms with Crippen molar-refractivity contribution in [2.24, 2.45) is 0 Å². The number of hydrogen-bond donors (Lipinski definition) is 1. The van der Waals surface area contributed by atoms with Crippen molar-refractivity contribution in [2.45, 2.75) is 19.0 Å². The molecule has 0 saturated heterocycles. The summed E-state index contributed by atoms with van der Waals surface area (Å²) >= 11 is 0. The highest BCUT2D eigenvalue weighted by Gasteiger charge is 2.10. The number of benzene rings is 1. The first-order valence-electron chi connectivity index (χ1n) is 5.45. The average Bonchev–Trinajstić information content (AvgIpc) is 2.88. The Morgan fingerprint density at radius 2 is 2.12 bits per heavy atom. The predicted octanol–water partition coefficient (Wildman–Crippen LogP) is 2.42. The van der Waals surface area contributed by atoms with Gasteiger partial charge in [0.15, 0.2) is 0 Å². The van der Waals surface area contributed by atoms with Crippen LogP contribution in [0.25, 0.3) is 0 Å². The van der Waals surface area contributed by atoms with Crippen molar-refractivity contribution in [3.8, 4) is 6.07 Å². The van der Waals surface area contributed by atoms with E-state index in [1.54, 1.807) is 12.3 Å². The van der Waals surface area contributed by atoms with Gasteiger partial charge in [-0.15, -0.1) is 0 Å². The van der Waals surface area contributed by atoms with Crippen molar-refractivity contribution in [2.75, 3.05) is 0 Å². The standard InChI is InChI=1S/C13H13N3O/c14-8-6-13(11-4-2-1-3-5-11)15-10-12-7-9-16-17-12/h1-5,7,9,13,15H,6,10H2. The minimum atomic E-state index is 0.0197. The molecule has 4 heteroatoms. The molecular weight excluding hydrogens is 214 g/mol. The van der Waals surface area contributed by atoms with Gasteiger partial charge in [-0.3, -0.25) is 0 Å². The van der Waals surface area contributed by atoms with Crippen LogP contribution < -0.4 is 5.32 Å². The predicted molar refractivity (Wildman–Crippen MR) is 62.8 cm³/mol. The monoisotopic (exact) mass is 227 g/mol. The molecule has 1 N–H and O–H groups in total. The van der Waals surface area contributed by atoms with Crippen LogP contribution in [0.5, 0.6) is 0 Å². The van der Waals surface area contributed by atoms with E-state index in [1.165, 1.54) is 0 Å². The Morgan fingerprint density at radius 1 is 1.29 bits per heavy atom. The molecule has 0 fully saturated rings. The zero-order valence-electron chi connectivity index (χ0n) is 9.34. The van der Waals surface area contributed by atoms with Crippen molar-refractivity contribution in [1.82, 2.24) is 10.5 Å². The van der Waals surface area contributed by atoms with Crippen LogP contribution in [0.1, 0.15) is 23.8 Å². The maximum Gasteiger partial charge on any atom is 0.150 e. The molecule has 1 unspecified atom stereocenters. The SMILES string of the molecule is N#CCC(NCc1ccno1)c1ccccc1. The van der Waals surface area contributed by atoms with E-state index >= 15 is 0 Å². The zero-order valence-corrected chi connectivity index (χ0v) is 9.34.